The second-order valence-electron chi connectivity index (χ2n) is 7.39. The van der Waals surface area contributed by atoms with E-state index in [1.165, 1.54) is 4.31 Å². The van der Waals surface area contributed by atoms with Crippen LogP contribution in [0.1, 0.15) is 11.1 Å². The van der Waals surface area contributed by atoms with Gasteiger partial charge in [0.05, 0.1) is 30.8 Å². The Morgan fingerprint density at radius 2 is 1.90 bits per heavy atom. The summed E-state index contributed by atoms with van der Waals surface area (Å²) in [4.78, 5) is 15.7. The van der Waals surface area contributed by atoms with Crippen LogP contribution >= 0.6 is 0 Å². The number of pyridine rings is 1. The number of benzene rings is 2. The quantitative estimate of drug-likeness (QED) is 0.652. The Kier molecular flexibility index (Phi) is 6.01. The first-order valence-corrected chi connectivity index (χ1v) is 11.2. The molecule has 0 bridgehead atoms. The molecule has 1 aliphatic heterocycles. The third-order valence-electron chi connectivity index (χ3n) is 5.10. The number of hydrogen-bond donors (Lipinski definition) is 1. The summed E-state index contributed by atoms with van der Waals surface area (Å²) >= 11 is 0. The van der Waals surface area contributed by atoms with Gasteiger partial charge in [-0.05, 0) is 42.6 Å². The number of hydrogen-bond acceptors (Lipinski definition) is 5. The van der Waals surface area contributed by atoms with Crippen molar-refractivity contribution >= 4 is 20.9 Å². The highest BCUT2D eigenvalue weighted by Crippen LogP contribution is 2.21. The molecular weight excluding hydrogens is 404 g/mol. The van der Waals surface area contributed by atoms with Crippen molar-refractivity contribution in [3.8, 4) is 0 Å². The fourth-order valence-corrected chi connectivity index (χ4v) is 5.01. The SMILES string of the molecule is Cc1ccc2[nH]c(=O)c(CN(CC3COCCO3)S(=O)(=O)c3ccccc3)cc2c1. The predicted molar refractivity (Wildman–Crippen MR) is 114 cm³/mol. The Labute approximate surface area is 175 Å². The lowest BCUT2D eigenvalue weighted by Crippen LogP contribution is -2.43. The van der Waals surface area contributed by atoms with Gasteiger partial charge in [-0.2, -0.15) is 4.31 Å². The van der Waals surface area contributed by atoms with Crippen molar-refractivity contribution < 1.29 is 17.9 Å². The summed E-state index contributed by atoms with van der Waals surface area (Å²) in [5, 5.41) is 0.860. The molecule has 1 saturated heterocycles. The normalized spacial score (nSPS) is 17.5. The van der Waals surface area contributed by atoms with Crippen LogP contribution in [0.15, 0.2) is 64.3 Å². The van der Waals surface area contributed by atoms with Gasteiger partial charge in [-0.15, -0.1) is 0 Å². The lowest BCUT2D eigenvalue weighted by atomic mass is 10.1. The van der Waals surface area contributed by atoms with Crippen LogP contribution in [0.2, 0.25) is 0 Å². The van der Waals surface area contributed by atoms with E-state index in [0.717, 1.165) is 16.5 Å². The van der Waals surface area contributed by atoms with E-state index in [1.807, 2.05) is 25.1 Å². The smallest absolute Gasteiger partial charge is 0.252 e. The number of fused-ring (bicyclic) bond motifs is 1. The standard InChI is InChI=1S/C22H24N2O5S/c1-16-7-8-21-17(11-16)12-18(22(25)23-21)13-24(14-19-15-28-9-10-29-19)30(26,27)20-5-3-2-4-6-20/h2-8,11-12,19H,9-10,13-15H2,1H3,(H,23,25). The van der Waals surface area contributed by atoms with Gasteiger partial charge >= 0.3 is 0 Å². The molecule has 1 aromatic heterocycles. The van der Waals surface area contributed by atoms with Crippen molar-refractivity contribution in [3.63, 3.8) is 0 Å². The molecule has 0 aliphatic carbocycles. The number of nitrogens with one attached hydrogen (secondary N) is 1. The number of ether oxygens (including phenoxy) is 2. The zero-order chi connectivity index (χ0) is 21.1. The molecule has 30 heavy (non-hydrogen) atoms. The van der Waals surface area contributed by atoms with Gasteiger partial charge in [0.2, 0.25) is 10.0 Å². The van der Waals surface area contributed by atoms with E-state index < -0.39 is 10.0 Å². The van der Waals surface area contributed by atoms with Crippen LogP contribution in [0, 0.1) is 6.92 Å². The van der Waals surface area contributed by atoms with Crippen LogP contribution in [0.3, 0.4) is 0 Å². The maximum absolute atomic E-state index is 13.4. The highest BCUT2D eigenvalue weighted by atomic mass is 32.2. The molecule has 1 N–H and O–H groups in total. The second-order valence-corrected chi connectivity index (χ2v) is 9.33. The van der Waals surface area contributed by atoms with E-state index in [4.69, 9.17) is 9.47 Å². The fraction of sp³-hybridized carbons (Fsp3) is 0.318. The Morgan fingerprint density at radius 3 is 2.63 bits per heavy atom. The molecule has 2 heterocycles. The average molecular weight is 429 g/mol. The molecule has 158 valence electrons. The molecule has 0 radical (unpaired) electrons. The average Bonchev–Trinajstić information content (AvgIpc) is 2.75. The molecule has 0 amide bonds. The van der Waals surface area contributed by atoms with Gasteiger partial charge in [0.1, 0.15) is 0 Å². The minimum atomic E-state index is -3.83. The third kappa shape index (κ3) is 4.46. The van der Waals surface area contributed by atoms with Crippen LogP contribution in [0.5, 0.6) is 0 Å². The van der Waals surface area contributed by atoms with Crippen molar-refractivity contribution in [1.29, 1.82) is 0 Å². The van der Waals surface area contributed by atoms with Crippen LogP contribution in [0.4, 0.5) is 0 Å². The summed E-state index contributed by atoms with van der Waals surface area (Å²) in [5.74, 6) is 0. The Balaban J connectivity index is 1.71. The topological polar surface area (TPSA) is 88.7 Å². The van der Waals surface area contributed by atoms with Crippen molar-refractivity contribution in [2.24, 2.45) is 0 Å². The molecule has 1 aliphatic rings. The number of sulfonamides is 1. The van der Waals surface area contributed by atoms with Crippen molar-refractivity contribution in [1.82, 2.24) is 9.29 Å². The lowest BCUT2D eigenvalue weighted by molar-refractivity contribution is -0.0923. The third-order valence-corrected chi connectivity index (χ3v) is 6.92. The number of nitrogens with zero attached hydrogens (tertiary/aromatic N) is 1. The monoisotopic (exact) mass is 428 g/mol. The molecule has 0 saturated carbocycles. The summed E-state index contributed by atoms with van der Waals surface area (Å²) in [6, 6.07) is 15.7. The maximum atomic E-state index is 13.4. The first-order valence-electron chi connectivity index (χ1n) is 9.80. The fourth-order valence-electron chi connectivity index (χ4n) is 3.54. The summed E-state index contributed by atoms with van der Waals surface area (Å²) in [5.41, 5.74) is 1.85. The van der Waals surface area contributed by atoms with Gasteiger partial charge in [0.15, 0.2) is 0 Å². The van der Waals surface area contributed by atoms with Gasteiger partial charge in [-0.1, -0.05) is 29.8 Å². The van der Waals surface area contributed by atoms with Gasteiger partial charge in [0, 0.05) is 24.2 Å². The van der Waals surface area contributed by atoms with E-state index in [9.17, 15) is 13.2 Å². The Bertz CT molecular complexity index is 1190. The number of rotatable bonds is 6. The predicted octanol–water partition coefficient (Wildman–Crippen LogP) is 2.44. The molecule has 1 unspecified atom stereocenters. The highest BCUT2D eigenvalue weighted by Gasteiger charge is 2.29. The molecule has 1 atom stereocenters. The molecule has 3 aromatic rings. The summed E-state index contributed by atoms with van der Waals surface area (Å²) in [7, 11) is -3.83. The van der Waals surface area contributed by atoms with E-state index in [-0.39, 0.29) is 29.6 Å². The summed E-state index contributed by atoms with van der Waals surface area (Å²) in [6.45, 7) is 3.23. The molecule has 2 aromatic carbocycles. The lowest BCUT2D eigenvalue weighted by Gasteiger charge is -2.29. The van der Waals surface area contributed by atoms with E-state index in [0.29, 0.717) is 25.4 Å². The van der Waals surface area contributed by atoms with Crippen LogP contribution in [-0.4, -0.2) is 50.2 Å². The van der Waals surface area contributed by atoms with Crippen molar-refractivity contribution in [3.05, 3.63) is 76.1 Å². The molecule has 8 heteroatoms. The largest absolute Gasteiger partial charge is 0.376 e. The van der Waals surface area contributed by atoms with Gasteiger partial charge in [-0.25, -0.2) is 8.42 Å². The summed E-state index contributed by atoms with van der Waals surface area (Å²) in [6.07, 6.45) is -0.390. The van der Waals surface area contributed by atoms with E-state index in [2.05, 4.69) is 4.98 Å². The number of aromatic nitrogens is 1. The molecule has 4 rings (SSSR count). The molecule has 0 spiro atoms. The van der Waals surface area contributed by atoms with Crippen molar-refractivity contribution in [2.45, 2.75) is 24.5 Å². The first kappa shape index (κ1) is 20.7. The molecule has 1 fully saturated rings. The van der Waals surface area contributed by atoms with Gasteiger partial charge < -0.3 is 14.5 Å². The summed E-state index contributed by atoms with van der Waals surface area (Å²) < 4.78 is 39.1. The minimum absolute atomic E-state index is 0.0592. The Morgan fingerprint density at radius 1 is 1.10 bits per heavy atom. The van der Waals surface area contributed by atoms with Gasteiger partial charge in [0.25, 0.3) is 5.56 Å². The van der Waals surface area contributed by atoms with E-state index >= 15 is 0 Å². The van der Waals surface area contributed by atoms with E-state index in [1.54, 1.807) is 36.4 Å². The minimum Gasteiger partial charge on any atom is -0.376 e. The van der Waals surface area contributed by atoms with Crippen LogP contribution in [0.25, 0.3) is 10.9 Å². The van der Waals surface area contributed by atoms with Crippen LogP contribution < -0.4 is 5.56 Å². The van der Waals surface area contributed by atoms with Crippen LogP contribution in [-0.2, 0) is 26.0 Å². The highest BCUT2D eigenvalue weighted by molar-refractivity contribution is 7.89. The Hall–Kier alpha value is -2.52. The molecular formula is C22H24N2O5S. The second kappa shape index (κ2) is 8.69. The van der Waals surface area contributed by atoms with Crippen molar-refractivity contribution in [2.75, 3.05) is 26.4 Å². The molecule has 7 nitrogen and oxygen atoms in total. The number of aromatic amines is 1. The zero-order valence-corrected chi connectivity index (χ0v) is 17.5. The van der Waals surface area contributed by atoms with Gasteiger partial charge in [-0.3, -0.25) is 4.79 Å². The number of aryl methyl sites for hydroxylation is 1. The maximum Gasteiger partial charge on any atom is 0.252 e. The first-order chi connectivity index (χ1) is 14.4. The zero-order valence-electron chi connectivity index (χ0n) is 16.7. The number of H-pyrrole nitrogens is 1.